The van der Waals surface area contributed by atoms with Gasteiger partial charge in [-0.05, 0) is 6.92 Å². The van der Waals surface area contributed by atoms with Gasteiger partial charge in [0, 0.05) is 54.4 Å². The lowest BCUT2D eigenvalue weighted by atomic mass is 10.2. The van der Waals surface area contributed by atoms with Gasteiger partial charge in [0.25, 0.3) is 0 Å². The highest BCUT2D eigenvalue weighted by atomic mass is 32.2. The predicted molar refractivity (Wildman–Crippen MR) is 75.8 cm³/mol. The van der Waals surface area contributed by atoms with Crippen LogP contribution in [-0.4, -0.2) is 45.8 Å². The number of anilines is 2. The molecule has 18 heavy (non-hydrogen) atoms. The molecule has 100 valence electrons. The Morgan fingerprint density at radius 2 is 2.00 bits per heavy atom. The largest absolute Gasteiger partial charge is 0.373 e. The van der Waals surface area contributed by atoms with Crippen LogP contribution in [0, 0.1) is 6.92 Å². The van der Waals surface area contributed by atoms with Crippen LogP contribution >= 0.6 is 0 Å². The highest BCUT2D eigenvalue weighted by Gasteiger charge is 2.20. The summed E-state index contributed by atoms with van der Waals surface area (Å²) in [6.07, 6.45) is 0.821. The summed E-state index contributed by atoms with van der Waals surface area (Å²) >= 11 is 0. The third-order valence-corrected chi connectivity index (χ3v) is 4.47. The fourth-order valence-corrected chi connectivity index (χ4v) is 3.16. The van der Waals surface area contributed by atoms with Crippen LogP contribution in [0.1, 0.15) is 18.3 Å². The zero-order valence-corrected chi connectivity index (χ0v) is 12.0. The van der Waals surface area contributed by atoms with E-state index in [1.54, 1.807) is 0 Å². The molecule has 1 N–H and O–H groups in total. The molecule has 0 amide bonds. The number of hydrogen-bond donors (Lipinski definition) is 1. The Balaban J connectivity index is 2.33. The molecule has 0 radical (unpaired) electrons. The van der Waals surface area contributed by atoms with E-state index in [0.29, 0.717) is 0 Å². The second-order valence-electron chi connectivity index (χ2n) is 4.38. The molecule has 1 fully saturated rings. The Labute approximate surface area is 110 Å². The molecule has 1 aromatic rings. The molecule has 6 heteroatoms. The maximum absolute atomic E-state index is 11.4. The lowest BCUT2D eigenvalue weighted by molar-refractivity contribution is 0.671. The van der Waals surface area contributed by atoms with Crippen molar-refractivity contribution in [2.75, 3.05) is 41.9 Å². The topological polar surface area (TPSA) is 58.1 Å². The molecule has 1 aliphatic rings. The van der Waals surface area contributed by atoms with Crippen molar-refractivity contribution in [3.8, 4) is 0 Å². The van der Waals surface area contributed by atoms with Gasteiger partial charge in [-0.1, -0.05) is 6.92 Å². The highest BCUT2D eigenvalue weighted by molar-refractivity contribution is 7.85. The van der Waals surface area contributed by atoms with E-state index in [4.69, 9.17) is 0 Å². The number of rotatable bonds is 3. The van der Waals surface area contributed by atoms with E-state index in [1.165, 1.54) is 0 Å². The van der Waals surface area contributed by atoms with Crippen molar-refractivity contribution in [3.63, 3.8) is 0 Å². The Morgan fingerprint density at radius 3 is 2.56 bits per heavy atom. The minimum absolute atomic E-state index is 0.656. The molecule has 2 rings (SSSR count). The number of hydrogen-bond acceptors (Lipinski definition) is 5. The average Bonchev–Trinajstić information content (AvgIpc) is 2.40. The van der Waals surface area contributed by atoms with Gasteiger partial charge in [0.1, 0.15) is 17.5 Å². The molecular formula is C12H20N4OS. The number of nitrogens with zero attached hydrogens (tertiary/aromatic N) is 3. The predicted octanol–water partition coefficient (Wildman–Crippen LogP) is 0.958. The molecule has 0 aromatic carbocycles. The number of nitrogens with one attached hydrogen (secondary N) is 1. The molecule has 0 bridgehead atoms. The van der Waals surface area contributed by atoms with Gasteiger partial charge >= 0.3 is 0 Å². The minimum atomic E-state index is -0.656. The fraction of sp³-hybridized carbons (Fsp3) is 0.667. The Hall–Kier alpha value is -1.17. The minimum Gasteiger partial charge on any atom is -0.373 e. The SMILES string of the molecule is CCc1nc(NC)c(C)c(N2CCS(=O)CC2)n1. The smallest absolute Gasteiger partial charge is 0.137 e. The fourth-order valence-electron chi connectivity index (χ4n) is 2.11. The van der Waals surface area contributed by atoms with Gasteiger partial charge in [0.15, 0.2) is 0 Å². The zero-order valence-electron chi connectivity index (χ0n) is 11.2. The summed E-state index contributed by atoms with van der Waals surface area (Å²) in [4.78, 5) is 11.3. The van der Waals surface area contributed by atoms with E-state index in [1.807, 2.05) is 14.0 Å². The second-order valence-corrected chi connectivity index (χ2v) is 6.07. The van der Waals surface area contributed by atoms with Crippen LogP contribution in [0.3, 0.4) is 0 Å². The normalized spacial score (nSPS) is 16.9. The van der Waals surface area contributed by atoms with Gasteiger partial charge < -0.3 is 10.2 Å². The van der Waals surface area contributed by atoms with Crippen molar-refractivity contribution < 1.29 is 4.21 Å². The molecule has 1 aromatic heterocycles. The monoisotopic (exact) mass is 268 g/mol. The van der Waals surface area contributed by atoms with Crippen LogP contribution in [0.4, 0.5) is 11.6 Å². The zero-order chi connectivity index (χ0) is 13.1. The van der Waals surface area contributed by atoms with Crippen LogP contribution in [0.25, 0.3) is 0 Å². The first kappa shape index (κ1) is 13.3. The summed E-state index contributed by atoms with van der Waals surface area (Å²) in [5.74, 6) is 4.21. The molecule has 1 saturated heterocycles. The molecular weight excluding hydrogens is 248 g/mol. The average molecular weight is 268 g/mol. The lowest BCUT2D eigenvalue weighted by Crippen LogP contribution is -2.39. The molecule has 0 atom stereocenters. The summed E-state index contributed by atoms with van der Waals surface area (Å²) in [6.45, 7) is 5.72. The third kappa shape index (κ3) is 2.63. The number of aryl methyl sites for hydroxylation is 1. The van der Waals surface area contributed by atoms with Gasteiger partial charge in [0.2, 0.25) is 0 Å². The molecule has 0 spiro atoms. The van der Waals surface area contributed by atoms with Gasteiger partial charge in [-0.15, -0.1) is 0 Å². The lowest BCUT2D eigenvalue weighted by Gasteiger charge is -2.29. The first-order chi connectivity index (χ1) is 8.65. The summed E-state index contributed by atoms with van der Waals surface area (Å²) in [6, 6.07) is 0. The molecule has 5 nitrogen and oxygen atoms in total. The van der Waals surface area contributed by atoms with Gasteiger partial charge in [-0.25, -0.2) is 9.97 Å². The molecule has 2 heterocycles. The maximum atomic E-state index is 11.4. The summed E-state index contributed by atoms with van der Waals surface area (Å²) in [7, 11) is 1.22. The first-order valence-corrected chi connectivity index (χ1v) is 7.79. The van der Waals surface area contributed by atoms with Gasteiger partial charge in [-0.2, -0.15) is 0 Å². The second kappa shape index (κ2) is 5.65. The molecule has 1 aliphatic heterocycles. The van der Waals surface area contributed by atoms with Crippen molar-refractivity contribution in [2.45, 2.75) is 20.3 Å². The van der Waals surface area contributed by atoms with E-state index in [-0.39, 0.29) is 0 Å². The van der Waals surface area contributed by atoms with E-state index >= 15 is 0 Å². The highest BCUT2D eigenvalue weighted by Crippen LogP contribution is 2.24. The van der Waals surface area contributed by atoms with Crippen LogP contribution in [0.15, 0.2) is 0 Å². The quantitative estimate of drug-likeness (QED) is 0.885. The van der Waals surface area contributed by atoms with Crippen molar-refractivity contribution in [2.24, 2.45) is 0 Å². The molecule has 0 aliphatic carbocycles. The number of aromatic nitrogens is 2. The van der Waals surface area contributed by atoms with Gasteiger partial charge in [0.05, 0.1) is 0 Å². The van der Waals surface area contributed by atoms with Gasteiger partial charge in [-0.3, -0.25) is 4.21 Å². The Kier molecular flexibility index (Phi) is 4.16. The van der Waals surface area contributed by atoms with Crippen LogP contribution < -0.4 is 10.2 Å². The van der Waals surface area contributed by atoms with Crippen molar-refractivity contribution in [1.29, 1.82) is 0 Å². The van der Waals surface area contributed by atoms with Crippen molar-refractivity contribution in [1.82, 2.24) is 9.97 Å². The van der Waals surface area contributed by atoms with E-state index in [9.17, 15) is 4.21 Å². The molecule has 0 saturated carbocycles. The summed E-state index contributed by atoms with van der Waals surface area (Å²) in [5, 5.41) is 3.12. The van der Waals surface area contributed by atoms with E-state index in [2.05, 4.69) is 27.1 Å². The Bertz CT molecular complexity index is 454. The van der Waals surface area contributed by atoms with E-state index < -0.39 is 10.8 Å². The summed E-state index contributed by atoms with van der Waals surface area (Å²) < 4.78 is 11.4. The van der Waals surface area contributed by atoms with Crippen molar-refractivity contribution >= 4 is 22.4 Å². The van der Waals surface area contributed by atoms with Crippen LogP contribution in [0.5, 0.6) is 0 Å². The molecule has 0 unspecified atom stereocenters. The van der Waals surface area contributed by atoms with E-state index in [0.717, 1.165) is 54.0 Å². The Morgan fingerprint density at radius 1 is 1.33 bits per heavy atom. The first-order valence-electron chi connectivity index (χ1n) is 6.31. The third-order valence-electron chi connectivity index (χ3n) is 3.20. The van der Waals surface area contributed by atoms with Crippen LogP contribution in [-0.2, 0) is 17.2 Å². The van der Waals surface area contributed by atoms with Crippen LogP contribution in [0.2, 0.25) is 0 Å². The summed E-state index contributed by atoms with van der Waals surface area (Å²) in [5.41, 5.74) is 1.07. The standard InChI is InChI=1S/C12H20N4OS/c1-4-10-14-11(13-3)9(2)12(15-10)16-5-7-18(17)8-6-16/h4-8H2,1-3H3,(H,13,14,15). The maximum Gasteiger partial charge on any atom is 0.137 e. The van der Waals surface area contributed by atoms with Crippen molar-refractivity contribution in [3.05, 3.63) is 11.4 Å².